The third kappa shape index (κ3) is 5.46. The number of hydrogen-bond acceptors (Lipinski definition) is 0. The van der Waals surface area contributed by atoms with Crippen molar-refractivity contribution in [1.82, 2.24) is 9.13 Å². The van der Waals surface area contributed by atoms with E-state index in [4.69, 9.17) is 0 Å². The van der Waals surface area contributed by atoms with Crippen LogP contribution >= 0.6 is 0 Å². The van der Waals surface area contributed by atoms with E-state index in [0.29, 0.717) is 0 Å². The van der Waals surface area contributed by atoms with Crippen molar-refractivity contribution in [3.63, 3.8) is 0 Å². The molecule has 1 aliphatic rings. The lowest BCUT2D eigenvalue weighted by Crippen LogP contribution is -2.33. The Morgan fingerprint density at radius 1 is 0.310 bits per heavy atom. The fraction of sp³-hybridized carbons (Fsp3) is 0.143. The molecule has 0 saturated carbocycles. The first-order valence-corrected chi connectivity index (χ1v) is 20.7. The summed E-state index contributed by atoms with van der Waals surface area (Å²) in [7, 11) is 0. The van der Waals surface area contributed by atoms with Crippen LogP contribution in [-0.2, 0) is 10.8 Å². The highest BCUT2D eigenvalue weighted by Gasteiger charge is 2.37. The lowest BCUT2D eigenvalue weighted by molar-refractivity contribution is 0.332. The van der Waals surface area contributed by atoms with Gasteiger partial charge in [-0.2, -0.15) is 0 Å². The third-order valence-corrected chi connectivity index (χ3v) is 13.2. The molecule has 2 heterocycles. The number of para-hydroxylation sites is 1. The molecule has 11 rings (SSSR count). The first-order chi connectivity index (χ1) is 28.2. The molecule has 0 spiro atoms. The number of hydrogen-bond donors (Lipinski definition) is 0. The quantitative estimate of drug-likeness (QED) is 0.166. The molecule has 8 aromatic carbocycles. The van der Waals surface area contributed by atoms with Crippen molar-refractivity contribution >= 4 is 43.6 Å². The zero-order valence-electron chi connectivity index (χ0n) is 33.6. The van der Waals surface area contributed by atoms with E-state index in [1.807, 2.05) is 0 Å². The van der Waals surface area contributed by atoms with Crippen molar-refractivity contribution in [3.8, 4) is 44.8 Å². The molecular formula is C56H46N2. The van der Waals surface area contributed by atoms with Gasteiger partial charge in [0.25, 0.3) is 0 Å². The van der Waals surface area contributed by atoms with Crippen LogP contribution in [0.15, 0.2) is 182 Å². The van der Waals surface area contributed by atoms with Gasteiger partial charge in [0.2, 0.25) is 0 Å². The Kier molecular flexibility index (Phi) is 7.72. The van der Waals surface area contributed by atoms with Gasteiger partial charge in [0.05, 0.1) is 22.1 Å². The molecule has 280 valence electrons. The van der Waals surface area contributed by atoms with Crippen molar-refractivity contribution in [1.29, 1.82) is 0 Å². The second-order valence-electron chi connectivity index (χ2n) is 17.7. The van der Waals surface area contributed by atoms with E-state index in [-0.39, 0.29) is 10.8 Å². The molecule has 0 fully saturated rings. The maximum absolute atomic E-state index is 2.50. The summed E-state index contributed by atoms with van der Waals surface area (Å²) >= 11 is 0. The molecule has 0 atom stereocenters. The van der Waals surface area contributed by atoms with Crippen molar-refractivity contribution in [2.75, 3.05) is 0 Å². The van der Waals surface area contributed by atoms with Crippen LogP contribution in [-0.4, -0.2) is 9.13 Å². The molecule has 0 amide bonds. The van der Waals surface area contributed by atoms with Gasteiger partial charge in [-0.25, -0.2) is 0 Å². The van der Waals surface area contributed by atoms with Gasteiger partial charge in [-0.05, 0) is 135 Å². The fourth-order valence-corrected chi connectivity index (χ4v) is 9.89. The Bertz CT molecular complexity index is 3210. The predicted octanol–water partition coefficient (Wildman–Crippen LogP) is 15.2. The second kappa shape index (κ2) is 12.9. The molecule has 58 heavy (non-hydrogen) atoms. The minimum absolute atomic E-state index is 0.125. The zero-order valence-corrected chi connectivity index (χ0v) is 33.6. The number of aromatic nitrogens is 2. The van der Waals surface area contributed by atoms with Gasteiger partial charge in [0.15, 0.2) is 0 Å². The molecule has 2 aromatic heterocycles. The maximum Gasteiger partial charge on any atom is 0.0541 e. The number of rotatable bonds is 5. The molecule has 0 unspecified atom stereocenters. The number of nitrogens with zero attached hydrogens (tertiary/aromatic N) is 2. The smallest absolute Gasteiger partial charge is 0.0541 e. The SMILES string of the molecule is CC1(C)CCC(C)(C)c2cc(-n3c4ccc(-c5ccccc5)cc4c4cc(-c5ccc6c(c5)c5ccccc5n6-c5cccc(-c6ccccc6)c5)ccc43)ccc21. The molecule has 0 N–H and O–H groups in total. The number of benzene rings is 8. The van der Waals surface area contributed by atoms with Crippen molar-refractivity contribution in [2.45, 2.75) is 51.4 Å². The summed E-state index contributed by atoms with van der Waals surface area (Å²) in [6, 6.07) is 67.6. The normalized spacial score (nSPS) is 14.7. The van der Waals surface area contributed by atoms with Crippen LogP contribution in [0.2, 0.25) is 0 Å². The van der Waals surface area contributed by atoms with E-state index in [0.717, 1.165) is 5.69 Å². The van der Waals surface area contributed by atoms with Crippen molar-refractivity contribution < 1.29 is 0 Å². The monoisotopic (exact) mass is 746 g/mol. The van der Waals surface area contributed by atoms with Crippen molar-refractivity contribution in [2.24, 2.45) is 0 Å². The topological polar surface area (TPSA) is 9.86 Å². The molecule has 10 aromatic rings. The van der Waals surface area contributed by atoms with Gasteiger partial charge in [0, 0.05) is 32.9 Å². The lowest BCUT2D eigenvalue weighted by Gasteiger charge is -2.42. The Balaban J connectivity index is 1.10. The van der Waals surface area contributed by atoms with E-state index in [9.17, 15) is 0 Å². The van der Waals surface area contributed by atoms with E-state index in [1.165, 1.54) is 107 Å². The first-order valence-electron chi connectivity index (χ1n) is 20.7. The minimum atomic E-state index is 0.125. The van der Waals surface area contributed by atoms with E-state index in [1.54, 1.807) is 0 Å². The molecule has 2 nitrogen and oxygen atoms in total. The van der Waals surface area contributed by atoms with Gasteiger partial charge in [-0.15, -0.1) is 0 Å². The Hall–Kier alpha value is -6.64. The molecule has 2 heteroatoms. The van der Waals surface area contributed by atoms with Crippen LogP contribution in [0.3, 0.4) is 0 Å². The fourth-order valence-electron chi connectivity index (χ4n) is 9.89. The van der Waals surface area contributed by atoms with Crippen LogP contribution in [0.25, 0.3) is 88.4 Å². The Morgan fingerprint density at radius 3 is 1.33 bits per heavy atom. The standard InChI is InChI=1S/C56H46N2/c1-55(2)30-31-56(3,4)50-36-44(25-26-49(50)55)58-53-27-22-40(38-16-9-6-10-17-38)33-47(53)48-35-42(24-29-54(48)58)41-23-28-52-46(34-41)45-20-11-12-21-51(45)57(52)43-19-13-18-39(32-43)37-14-7-5-8-15-37/h5-29,32-36H,30-31H2,1-4H3. The second-order valence-corrected chi connectivity index (χ2v) is 17.7. The van der Waals surface area contributed by atoms with Gasteiger partial charge < -0.3 is 9.13 Å². The summed E-state index contributed by atoms with van der Waals surface area (Å²) in [6.45, 7) is 9.66. The van der Waals surface area contributed by atoms with Gasteiger partial charge in [0.1, 0.15) is 0 Å². The van der Waals surface area contributed by atoms with Crippen LogP contribution in [0, 0.1) is 0 Å². The van der Waals surface area contributed by atoms with E-state index in [2.05, 4.69) is 219 Å². The highest BCUT2D eigenvalue weighted by atomic mass is 15.0. The average molecular weight is 747 g/mol. The maximum atomic E-state index is 2.50. The largest absolute Gasteiger partial charge is 0.309 e. The summed E-state index contributed by atoms with van der Waals surface area (Å²) in [5.74, 6) is 0. The van der Waals surface area contributed by atoms with Gasteiger partial charge in [-0.1, -0.05) is 143 Å². The van der Waals surface area contributed by atoms with E-state index >= 15 is 0 Å². The van der Waals surface area contributed by atoms with Crippen LogP contribution in [0.5, 0.6) is 0 Å². The summed E-state index contributed by atoms with van der Waals surface area (Å²) < 4.78 is 4.92. The van der Waals surface area contributed by atoms with E-state index < -0.39 is 0 Å². The molecule has 0 aliphatic heterocycles. The zero-order chi connectivity index (χ0) is 39.2. The highest BCUT2D eigenvalue weighted by molar-refractivity contribution is 6.13. The Labute approximate surface area is 340 Å². The summed E-state index contributed by atoms with van der Waals surface area (Å²) in [6.07, 6.45) is 2.40. The predicted molar refractivity (Wildman–Crippen MR) is 247 cm³/mol. The van der Waals surface area contributed by atoms with Gasteiger partial charge >= 0.3 is 0 Å². The summed E-state index contributed by atoms with van der Waals surface area (Å²) in [5.41, 5.74) is 17.9. The first kappa shape index (κ1) is 34.6. The summed E-state index contributed by atoms with van der Waals surface area (Å²) in [5, 5.41) is 5.05. The molecule has 0 saturated heterocycles. The third-order valence-electron chi connectivity index (χ3n) is 13.2. The molecule has 0 radical (unpaired) electrons. The van der Waals surface area contributed by atoms with Crippen LogP contribution < -0.4 is 0 Å². The average Bonchev–Trinajstić information content (AvgIpc) is 3.77. The number of fused-ring (bicyclic) bond motifs is 7. The molecule has 0 bridgehead atoms. The molecular weight excluding hydrogens is 701 g/mol. The van der Waals surface area contributed by atoms with Crippen LogP contribution in [0.1, 0.15) is 51.7 Å². The van der Waals surface area contributed by atoms with Crippen molar-refractivity contribution in [3.05, 3.63) is 193 Å². The summed E-state index contributed by atoms with van der Waals surface area (Å²) in [4.78, 5) is 0. The Morgan fingerprint density at radius 2 is 0.741 bits per heavy atom. The van der Waals surface area contributed by atoms with Gasteiger partial charge in [-0.3, -0.25) is 0 Å². The van der Waals surface area contributed by atoms with Crippen LogP contribution in [0.4, 0.5) is 0 Å². The minimum Gasteiger partial charge on any atom is -0.309 e. The lowest BCUT2D eigenvalue weighted by atomic mass is 9.63. The molecule has 1 aliphatic carbocycles. The highest BCUT2D eigenvalue weighted by Crippen LogP contribution is 2.47.